The van der Waals surface area contributed by atoms with E-state index in [2.05, 4.69) is 21.6 Å². The molecule has 1 aliphatic heterocycles. The Hall–Kier alpha value is -4.88. The Morgan fingerprint density at radius 1 is 0.864 bits per heavy atom. The number of nitriles is 1. The SMILES string of the molecule is COc1cccc(C(=O)N2CCCN(c3ccc(C(=O)NC4CCC(N)CC4)cc3NC(=O)c3ccc(C#N)cc3)CC2)c1. The van der Waals surface area contributed by atoms with Gasteiger partial charge in [-0.3, -0.25) is 14.4 Å². The summed E-state index contributed by atoms with van der Waals surface area (Å²) in [4.78, 5) is 43.8. The van der Waals surface area contributed by atoms with Crippen LogP contribution < -0.4 is 26.0 Å². The standard InChI is InChI=1S/C34H38N6O4/c1-44-29-5-2-4-26(20-29)34(43)40-17-3-16-39(18-19-40)31-15-10-25(33(42)37-28-13-11-27(36)12-14-28)21-30(31)38-32(41)24-8-6-23(22-35)7-9-24/h2,4-10,15,20-21,27-28H,3,11-14,16-19,36H2,1H3,(H,37,42)(H,38,41). The fourth-order valence-corrected chi connectivity index (χ4v) is 5.78. The number of nitrogens with two attached hydrogens (primary N) is 1. The normalized spacial score (nSPS) is 18.5. The molecule has 1 heterocycles. The van der Waals surface area contributed by atoms with E-state index in [1.54, 1.807) is 61.7 Å². The fourth-order valence-electron chi connectivity index (χ4n) is 5.78. The molecule has 5 rings (SSSR count). The van der Waals surface area contributed by atoms with Crippen LogP contribution in [-0.2, 0) is 0 Å². The van der Waals surface area contributed by atoms with Crippen molar-refractivity contribution in [2.24, 2.45) is 5.73 Å². The molecule has 1 saturated carbocycles. The quantitative estimate of drug-likeness (QED) is 0.373. The van der Waals surface area contributed by atoms with E-state index in [1.165, 1.54) is 0 Å². The second-order valence-electron chi connectivity index (χ2n) is 11.3. The van der Waals surface area contributed by atoms with Crippen molar-refractivity contribution in [2.75, 3.05) is 43.5 Å². The number of hydrogen-bond donors (Lipinski definition) is 3. The molecule has 0 atom stereocenters. The summed E-state index contributed by atoms with van der Waals surface area (Å²) in [6.45, 7) is 2.29. The van der Waals surface area contributed by atoms with Gasteiger partial charge in [-0.25, -0.2) is 0 Å². The van der Waals surface area contributed by atoms with Gasteiger partial charge in [0.1, 0.15) is 5.75 Å². The summed E-state index contributed by atoms with van der Waals surface area (Å²) in [5.41, 5.74) is 9.18. The highest BCUT2D eigenvalue weighted by molar-refractivity contribution is 6.07. The van der Waals surface area contributed by atoms with Crippen LogP contribution in [0.5, 0.6) is 5.75 Å². The number of nitrogens with one attached hydrogen (secondary N) is 2. The third-order valence-electron chi connectivity index (χ3n) is 8.33. The van der Waals surface area contributed by atoms with Gasteiger partial charge in [0, 0.05) is 55.0 Å². The van der Waals surface area contributed by atoms with Gasteiger partial charge in [0.15, 0.2) is 0 Å². The zero-order valence-corrected chi connectivity index (χ0v) is 24.9. The minimum absolute atomic E-state index is 0.0595. The van der Waals surface area contributed by atoms with Gasteiger partial charge in [0.25, 0.3) is 17.7 Å². The summed E-state index contributed by atoms with van der Waals surface area (Å²) in [5.74, 6) is 0.0259. The van der Waals surface area contributed by atoms with Crippen molar-refractivity contribution in [3.8, 4) is 11.8 Å². The molecule has 44 heavy (non-hydrogen) atoms. The van der Waals surface area contributed by atoms with Gasteiger partial charge in [-0.2, -0.15) is 5.26 Å². The van der Waals surface area contributed by atoms with Crippen molar-refractivity contribution in [1.29, 1.82) is 5.26 Å². The second-order valence-corrected chi connectivity index (χ2v) is 11.3. The van der Waals surface area contributed by atoms with Crippen LogP contribution in [0, 0.1) is 11.3 Å². The average Bonchev–Trinajstić information content (AvgIpc) is 3.32. The van der Waals surface area contributed by atoms with Crippen LogP contribution in [0.4, 0.5) is 11.4 Å². The Labute approximate surface area is 257 Å². The van der Waals surface area contributed by atoms with E-state index >= 15 is 0 Å². The molecule has 0 bridgehead atoms. The molecule has 0 unspecified atom stereocenters. The van der Waals surface area contributed by atoms with Crippen LogP contribution in [0.3, 0.4) is 0 Å². The lowest BCUT2D eigenvalue weighted by molar-refractivity contribution is 0.0766. The number of benzene rings is 3. The lowest BCUT2D eigenvalue weighted by Crippen LogP contribution is -2.40. The first-order valence-electron chi connectivity index (χ1n) is 15.0. The Balaban J connectivity index is 1.36. The zero-order valence-electron chi connectivity index (χ0n) is 24.9. The molecule has 0 aromatic heterocycles. The smallest absolute Gasteiger partial charge is 0.255 e. The first-order valence-corrected chi connectivity index (χ1v) is 15.0. The molecule has 10 heteroatoms. The van der Waals surface area contributed by atoms with Gasteiger partial charge in [-0.05, 0) is 92.8 Å². The topological polar surface area (TPSA) is 141 Å². The third kappa shape index (κ3) is 7.36. The van der Waals surface area contributed by atoms with Gasteiger partial charge in [-0.15, -0.1) is 0 Å². The third-order valence-corrected chi connectivity index (χ3v) is 8.33. The Kier molecular flexibility index (Phi) is 9.77. The molecular weight excluding hydrogens is 556 g/mol. The lowest BCUT2D eigenvalue weighted by Gasteiger charge is -2.28. The molecule has 228 valence electrons. The van der Waals surface area contributed by atoms with Gasteiger partial charge in [0.05, 0.1) is 30.1 Å². The largest absolute Gasteiger partial charge is 0.497 e. The summed E-state index contributed by atoms with van der Waals surface area (Å²) < 4.78 is 5.29. The van der Waals surface area contributed by atoms with Crippen molar-refractivity contribution in [3.63, 3.8) is 0 Å². The number of rotatable bonds is 7. The van der Waals surface area contributed by atoms with Gasteiger partial charge < -0.3 is 30.9 Å². The van der Waals surface area contributed by atoms with Crippen LogP contribution in [0.1, 0.15) is 68.7 Å². The monoisotopic (exact) mass is 594 g/mol. The minimum Gasteiger partial charge on any atom is -0.497 e. The number of nitrogens with zero attached hydrogens (tertiary/aromatic N) is 3. The van der Waals surface area contributed by atoms with E-state index in [1.807, 2.05) is 17.0 Å². The molecule has 1 saturated heterocycles. The number of hydrogen-bond acceptors (Lipinski definition) is 7. The van der Waals surface area contributed by atoms with Crippen LogP contribution in [-0.4, -0.2) is 68.0 Å². The molecule has 0 spiro atoms. The number of ether oxygens (including phenoxy) is 1. The molecule has 10 nitrogen and oxygen atoms in total. The number of carbonyl (C=O) groups is 3. The summed E-state index contributed by atoms with van der Waals surface area (Å²) in [6, 6.07) is 21.2. The highest BCUT2D eigenvalue weighted by atomic mass is 16.5. The second kappa shape index (κ2) is 14.1. The minimum atomic E-state index is -0.348. The Morgan fingerprint density at radius 3 is 2.34 bits per heavy atom. The van der Waals surface area contributed by atoms with Gasteiger partial charge in [0.2, 0.25) is 0 Å². The maximum Gasteiger partial charge on any atom is 0.255 e. The van der Waals surface area contributed by atoms with E-state index in [0.29, 0.717) is 59.9 Å². The molecule has 3 aromatic rings. The highest BCUT2D eigenvalue weighted by Gasteiger charge is 2.25. The van der Waals surface area contributed by atoms with Crippen molar-refractivity contribution in [3.05, 3.63) is 89.0 Å². The number of anilines is 2. The lowest BCUT2D eigenvalue weighted by atomic mass is 9.91. The van der Waals surface area contributed by atoms with Crippen molar-refractivity contribution < 1.29 is 19.1 Å². The summed E-state index contributed by atoms with van der Waals surface area (Å²) in [6.07, 6.45) is 4.16. The van der Waals surface area contributed by atoms with Crippen LogP contribution in [0.2, 0.25) is 0 Å². The van der Waals surface area contributed by atoms with Crippen LogP contribution >= 0.6 is 0 Å². The molecule has 0 radical (unpaired) electrons. The highest BCUT2D eigenvalue weighted by Crippen LogP contribution is 2.30. The summed E-state index contributed by atoms with van der Waals surface area (Å²) in [5, 5.41) is 15.3. The molecule has 3 amide bonds. The van der Waals surface area contributed by atoms with Crippen molar-refractivity contribution >= 4 is 29.1 Å². The first kappa shape index (κ1) is 30.6. The maximum atomic E-state index is 13.3. The molecule has 3 aromatic carbocycles. The predicted molar refractivity (Wildman–Crippen MR) is 169 cm³/mol. The van der Waals surface area contributed by atoms with Gasteiger partial charge >= 0.3 is 0 Å². The molecule has 2 aliphatic rings. The van der Waals surface area contributed by atoms with Crippen molar-refractivity contribution in [2.45, 2.75) is 44.2 Å². The Morgan fingerprint density at radius 2 is 1.61 bits per heavy atom. The summed E-state index contributed by atoms with van der Waals surface area (Å²) in [7, 11) is 1.58. The van der Waals surface area contributed by atoms with Crippen molar-refractivity contribution in [1.82, 2.24) is 10.2 Å². The predicted octanol–water partition coefficient (Wildman–Crippen LogP) is 4.17. The zero-order chi connectivity index (χ0) is 31.1. The molecule has 1 aliphatic carbocycles. The van der Waals surface area contributed by atoms with Crippen LogP contribution in [0.15, 0.2) is 66.7 Å². The number of amides is 3. The van der Waals surface area contributed by atoms with E-state index in [0.717, 1.165) is 37.8 Å². The summed E-state index contributed by atoms with van der Waals surface area (Å²) >= 11 is 0. The van der Waals surface area contributed by atoms with E-state index in [-0.39, 0.29) is 29.8 Å². The van der Waals surface area contributed by atoms with E-state index in [4.69, 9.17) is 15.7 Å². The van der Waals surface area contributed by atoms with E-state index < -0.39 is 0 Å². The molecule has 4 N–H and O–H groups in total. The van der Waals surface area contributed by atoms with E-state index in [9.17, 15) is 14.4 Å². The fraction of sp³-hybridized carbons (Fsp3) is 0.353. The average molecular weight is 595 g/mol. The van der Waals surface area contributed by atoms with Gasteiger partial charge in [-0.1, -0.05) is 6.07 Å². The molecule has 2 fully saturated rings. The van der Waals surface area contributed by atoms with Crippen LogP contribution in [0.25, 0.3) is 0 Å². The number of methoxy groups -OCH3 is 1. The number of carbonyl (C=O) groups excluding carboxylic acids is 3. The molecular formula is C34H38N6O4. The maximum absolute atomic E-state index is 13.3. The Bertz CT molecular complexity index is 1540. The first-order chi connectivity index (χ1) is 21.3.